The van der Waals surface area contributed by atoms with Crippen LogP contribution in [0, 0.1) is 0 Å². The summed E-state index contributed by atoms with van der Waals surface area (Å²) in [7, 11) is 0. The summed E-state index contributed by atoms with van der Waals surface area (Å²) in [4.78, 5) is 39.4. The van der Waals surface area contributed by atoms with Gasteiger partial charge < -0.3 is 10.1 Å². The Bertz CT molecular complexity index is 752. The summed E-state index contributed by atoms with van der Waals surface area (Å²) < 4.78 is 6.31. The lowest BCUT2D eigenvalue weighted by atomic mass is 9.94. The van der Waals surface area contributed by atoms with Crippen LogP contribution < -0.4 is 5.32 Å². The number of hydrogen-bond donors (Lipinski definition) is 1. The van der Waals surface area contributed by atoms with E-state index < -0.39 is 11.7 Å². The molecule has 1 aliphatic carbocycles. The van der Waals surface area contributed by atoms with Crippen molar-refractivity contribution in [2.45, 2.75) is 77.9 Å². The normalized spacial score (nSPS) is 14.9. The maximum atomic E-state index is 12.8. The standard InChI is InChI=1S/C22H31BrN2O4/c1-5-19(26)17-13-15(23)11-12-18(17)24-20(27)14-25(16-9-7-6-8-10-16)21(28)29-22(2,3)4/h11-13,16H,5-10,14H2,1-4H3,(H,24,27). The molecular weight excluding hydrogens is 436 g/mol. The number of nitrogens with zero attached hydrogens (tertiary/aromatic N) is 1. The number of ether oxygens (including phenoxy) is 1. The minimum absolute atomic E-state index is 0.00832. The molecule has 1 aliphatic rings. The van der Waals surface area contributed by atoms with Crippen LogP contribution in [0.4, 0.5) is 10.5 Å². The minimum Gasteiger partial charge on any atom is -0.444 e. The summed E-state index contributed by atoms with van der Waals surface area (Å²) in [5, 5.41) is 2.81. The van der Waals surface area contributed by atoms with Crippen LogP contribution in [0.1, 0.15) is 76.6 Å². The average Bonchev–Trinajstić information content (AvgIpc) is 2.66. The Balaban J connectivity index is 2.17. The Morgan fingerprint density at radius 1 is 1.17 bits per heavy atom. The van der Waals surface area contributed by atoms with Gasteiger partial charge >= 0.3 is 6.09 Å². The molecule has 7 heteroatoms. The van der Waals surface area contributed by atoms with Crippen molar-refractivity contribution in [2.75, 3.05) is 11.9 Å². The van der Waals surface area contributed by atoms with Gasteiger partial charge in [0.05, 0.1) is 5.69 Å². The predicted molar refractivity (Wildman–Crippen MR) is 117 cm³/mol. The van der Waals surface area contributed by atoms with Crippen molar-refractivity contribution in [1.29, 1.82) is 0 Å². The highest BCUT2D eigenvalue weighted by atomic mass is 79.9. The van der Waals surface area contributed by atoms with Crippen LogP contribution in [0.2, 0.25) is 0 Å². The van der Waals surface area contributed by atoms with Crippen molar-refractivity contribution in [3.8, 4) is 0 Å². The smallest absolute Gasteiger partial charge is 0.411 e. The van der Waals surface area contributed by atoms with Crippen molar-refractivity contribution in [3.63, 3.8) is 0 Å². The lowest BCUT2D eigenvalue weighted by Crippen LogP contribution is -2.47. The lowest BCUT2D eigenvalue weighted by Gasteiger charge is -2.35. The fraction of sp³-hybridized carbons (Fsp3) is 0.591. The Morgan fingerprint density at radius 2 is 1.83 bits per heavy atom. The van der Waals surface area contributed by atoms with E-state index in [1.165, 1.54) is 0 Å². The molecule has 1 aromatic rings. The topological polar surface area (TPSA) is 75.7 Å². The molecule has 1 aromatic carbocycles. The number of hydrogen-bond acceptors (Lipinski definition) is 4. The molecule has 2 amide bonds. The van der Waals surface area contributed by atoms with Crippen LogP contribution in [-0.4, -0.2) is 40.9 Å². The molecule has 0 spiro atoms. The molecule has 0 bridgehead atoms. The molecule has 0 radical (unpaired) electrons. The first-order chi connectivity index (χ1) is 13.6. The molecule has 0 atom stereocenters. The van der Waals surface area contributed by atoms with Crippen molar-refractivity contribution in [2.24, 2.45) is 0 Å². The Kier molecular flexibility index (Phi) is 8.25. The van der Waals surface area contributed by atoms with Gasteiger partial charge in [-0.2, -0.15) is 0 Å². The number of rotatable bonds is 6. The molecule has 1 N–H and O–H groups in total. The van der Waals surface area contributed by atoms with Gasteiger partial charge in [0.1, 0.15) is 12.1 Å². The summed E-state index contributed by atoms with van der Waals surface area (Å²) in [6.07, 6.45) is 4.81. The molecule has 6 nitrogen and oxygen atoms in total. The van der Waals surface area contributed by atoms with Gasteiger partial charge in [-0.25, -0.2) is 4.79 Å². The van der Waals surface area contributed by atoms with Crippen molar-refractivity contribution >= 4 is 39.4 Å². The van der Waals surface area contributed by atoms with E-state index in [0.29, 0.717) is 17.7 Å². The van der Waals surface area contributed by atoms with Crippen molar-refractivity contribution < 1.29 is 19.1 Å². The molecule has 0 heterocycles. The molecule has 0 saturated heterocycles. The third-order valence-corrected chi connectivity index (χ3v) is 5.33. The Morgan fingerprint density at radius 3 is 2.41 bits per heavy atom. The van der Waals surface area contributed by atoms with Crippen molar-refractivity contribution in [3.05, 3.63) is 28.2 Å². The van der Waals surface area contributed by atoms with Gasteiger partial charge in [-0.1, -0.05) is 42.1 Å². The van der Waals surface area contributed by atoms with E-state index >= 15 is 0 Å². The van der Waals surface area contributed by atoms with E-state index in [1.807, 2.05) is 20.8 Å². The second kappa shape index (κ2) is 10.2. The lowest BCUT2D eigenvalue weighted by molar-refractivity contribution is -0.118. The fourth-order valence-electron chi connectivity index (χ4n) is 3.45. The maximum absolute atomic E-state index is 12.8. The number of halogens is 1. The quantitative estimate of drug-likeness (QED) is 0.557. The predicted octanol–water partition coefficient (Wildman–Crippen LogP) is 5.55. The number of carbonyl (C=O) groups is 3. The first-order valence-corrected chi connectivity index (χ1v) is 11.0. The highest BCUT2D eigenvalue weighted by Gasteiger charge is 2.31. The number of nitrogens with one attached hydrogen (secondary N) is 1. The van der Waals surface area contributed by atoms with Crippen molar-refractivity contribution in [1.82, 2.24) is 4.90 Å². The van der Waals surface area contributed by atoms with Gasteiger partial charge in [0.15, 0.2) is 5.78 Å². The molecule has 1 fully saturated rings. The molecule has 2 rings (SSSR count). The summed E-state index contributed by atoms with van der Waals surface area (Å²) in [5.41, 5.74) is 0.280. The molecule has 1 saturated carbocycles. The highest BCUT2D eigenvalue weighted by Crippen LogP contribution is 2.26. The minimum atomic E-state index is -0.632. The second-order valence-corrected chi connectivity index (χ2v) is 9.33. The number of benzene rings is 1. The summed E-state index contributed by atoms with van der Waals surface area (Å²) in [6.45, 7) is 7.12. The molecule has 0 aromatic heterocycles. The number of anilines is 1. The van der Waals surface area contributed by atoms with Crippen LogP contribution in [0.5, 0.6) is 0 Å². The van der Waals surface area contributed by atoms with E-state index in [0.717, 1.165) is 36.6 Å². The van der Waals surface area contributed by atoms with E-state index in [2.05, 4.69) is 21.2 Å². The maximum Gasteiger partial charge on any atom is 0.411 e. The average molecular weight is 467 g/mol. The summed E-state index contributed by atoms with van der Waals surface area (Å²) >= 11 is 3.36. The summed E-state index contributed by atoms with van der Waals surface area (Å²) in [5.74, 6) is -0.396. The monoisotopic (exact) mass is 466 g/mol. The first kappa shape index (κ1) is 23.4. The van der Waals surface area contributed by atoms with Gasteiger partial charge in [0, 0.05) is 22.5 Å². The fourth-order valence-corrected chi connectivity index (χ4v) is 3.81. The van der Waals surface area contributed by atoms with Gasteiger partial charge in [0.2, 0.25) is 5.91 Å². The zero-order valence-electron chi connectivity index (χ0n) is 17.7. The second-order valence-electron chi connectivity index (χ2n) is 8.41. The Hall–Kier alpha value is -1.89. The first-order valence-electron chi connectivity index (χ1n) is 10.2. The molecule has 29 heavy (non-hydrogen) atoms. The SMILES string of the molecule is CCC(=O)c1cc(Br)ccc1NC(=O)CN(C(=O)OC(C)(C)C)C1CCCCC1. The Labute approximate surface area is 181 Å². The van der Waals surface area contributed by atoms with E-state index in [4.69, 9.17) is 4.74 Å². The van der Waals surface area contributed by atoms with Gasteiger partial charge in [-0.3, -0.25) is 14.5 Å². The van der Waals surface area contributed by atoms with Crippen LogP contribution in [0.3, 0.4) is 0 Å². The number of ketones is 1. The molecule has 0 unspecified atom stereocenters. The zero-order chi connectivity index (χ0) is 21.6. The third-order valence-electron chi connectivity index (χ3n) is 4.83. The van der Waals surface area contributed by atoms with Crippen LogP contribution in [-0.2, 0) is 9.53 Å². The van der Waals surface area contributed by atoms with Gasteiger partial charge in [0.25, 0.3) is 0 Å². The number of Topliss-reactive ketones (excluding diaryl/α,β-unsaturated/α-hetero) is 1. The van der Waals surface area contributed by atoms with E-state index in [1.54, 1.807) is 30.0 Å². The molecule has 0 aliphatic heterocycles. The summed E-state index contributed by atoms with van der Waals surface area (Å²) in [6, 6.07) is 5.16. The zero-order valence-corrected chi connectivity index (χ0v) is 19.3. The van der Waals surface area contributed by atoms with E-state index in [-0.39, 0.29) is 24.3 Å². The highest BCUT2D eigenvalue weighted by molar-refractivity contribution is 9.10. The van der Waals surface area contributed by atoms with E-state index in [9.17, 15) is 14.4 Å². The van der Waals surface area contributed by atoms with Gasteiger partial charge in [-0.05, 0) is 51.8 Å². The molecular formula is C22H31BrN2O4. The third kappa shape index (κ3) is 7.14. The largest absolute Gasteiger partial charge is 0.444 e. The molecule has 160 valence electrons. The van der Waals surface area contributed by atoms with Crippen LogP contribution in [0.25, 0.3) is 0 Å². The number of carbonyl (C=O) groups excluding carboxylic acids is 3. The van der Waals surface area contributed by atoms with Crippen LogP contribution in [0.15, 0.2) is 22.7 Å². The van der Waals surface area contributed by atoms with Crippen LogP contribution >= 0.6 is 15.9 Å². The van der Waals surface area contributed by atoms with Gasteiger partial charge in [-0.15, -0.1) is 0 Å². The number of amides is 2.